The average molecular weight is 426 g/mol. The number of ether oxygens (including phenoxy) is 1. The maximum absolute atomic E-state index is 13.8. The largest absolute Gasteiger partial charge is 0.466 e. The van der Waals surface area contributed by atoms with Crippen LogP contribution in [0.25, 0.3) is 5.69 Å². The van der Waals surface area contributed by atoms with Crippen LogP contribution in [-0.4, -0.2) is 46.3 Å². The molecule has 1 fully saturated rings. The lowest BCUT2D eigenvalue weighted by Crippen LogP contribution is -2.43. The second-order valence-electron chi connectivity index (χ2n) is 9.05. The van der Waals surface area contributed by atoms with Crippen LogP contribution in [0.15, 0.2) is 24.3 Å². The lowest BCUT2D eigenvalue weighted by molar-refractivity contribution is -0.149. The monoisotopic (exact) mass is 425 g/mol. The summed E-state index contributed by atoms with van der Waals surface area (Å²) in [4.78, 5) is 27.9. The summed E-state index contributed by atoms with van der Waals surface area (Å²) < 4.78 is 7.16. The minimum absolute atomic E-state index is 0.0275. The Morgan fingerprint density at radius 3 is 2.55 bits per heavy atom. The highest BCUT2D eigenvalue weighted by molar-refractivity contribution is 5.97. The topological polar surface area (TPSA) is 64.4 Å². The highest BCUT2D eigenvalue weighted by Crippen LogP contribution is 2.32. The second-order valence-corrected chi connectivity index (χ2v) is 9.05. The highest BCUT2D eigenvalue weighted by atomic mass is 16.5. The molecule has 6 heteroatoms. The average Bonchev–Trinajstić information content (AvgIpc) is 3.15. The van der Waals surface area contributed by atoms with E-state index < -0.39 is 0 Å². The summed E-state index contributed by atoms with van der Waals surface area (Å²) in [6.45, 7) is 13.6. The summed E-state index contributed by atoms with van der Waals surface area (Å²) in [7, 11) is 0. The van der Waals surface area contributed by atoms with Gasteiger partial charge in [-0.05, 0) is 56.2 Å². The van der Waals surface area contributed by atoms with Crippen LogP contribution in [0.5, 0.6) is 0 Å². The van der Waals surface area contributed by atoms with E-state index in [1.807, 2.05) is 28.6 Å². The molecule has 0 N–H and O–H groups in total. The standard InChI is InChI=1S/C25H35N3O3/c1-7-31-25(30)19-11-9-13-27(15-19)24(29)21-22(16(2)3)26-28(23(21)17(4)5)20-12-8-10-18(6)14-20/h8,10,12,14,16-17,19H,7,9,11,13,15H2,1-6H3/t19-/m1/s1. The van der Waals surface area contributed by atoms with Crippen LogP contribution in [0, 0.1) is 12.8 Å². The van der Waals surface area contributed by atoms with Crippen molar-refractivity contribution < 1.29 is 14.3 Å². The Kier molecular flexibility index (Phi) is 7.19. The Bertz CT molecular complexity index is 945. The lowest BCUT2D eigenvalue weighted by atomic mass is 9.94. The number of piperidine rings is 1. The number of likely N-dealkylation sites (tertiary alicyclic amines) is 1. The van der Waals surface area contributed by atoms with E-state index in [0.29, 0.717) is 25.3 Å². The van der Waals surface area contributed by atoms with E-state index in [1.165, 1.54) is 0 Å². The number of nitrogens with zero attached hydrogens (tertiary/aromatic N) is 3. The van der Waals surface area contributed by atoms with Crippen molar-refractivity contribution in [1.82, 2.24) is 14.7 Å². The van der Waals surface area contributed by atoms with Gasteiger partial charge >= 0.3 is 5.97 Å². The van der Waals surface area contributed by atoms with E-state index >= 15 is 0 Å². The summed E-state index contributed by atoms with van der Waals surface area (Å²) in [5, 5.41) is 4.92. The van der Waals surface area contributed by atoms with Crippen LogP contribution in [0.4, 0.5) is 0 Å². The van der Waals surface area contributed by atoms with Crippen LogP contribution < -0.4 is 0 Å². The van der Waals surface area contributed by atoms with Crippen LogP contribution in [0.2, 0.25) is 0 Å². The smallest absolute Gasteiger partial charge is 0.310 e. The number of carbonyl (C=O) groups excluding carboxylic acids is 2. The molecule has 1 aromatic carbocycles. The molecular formula is C25H35N3O3. The number of rotatable bonds is 6. The Balaban J connectivity index is 2.05. The fourth-order valence-electron chi connectivity index (χ4n) is 4.33. The van der Waals surface area contributed by atoms with Gasteiger partial charge in [0.1, 0.15) is 0 Å². The van der Waals surface area contributed by atoms with E-state index in [0.717, 1.165) is 35.5 Å². The van der Waals surface area contributed by atoms with Gasteiger partial charge in [0.05, 0.1) is 35.2 Å². The molecule has 2 heterocycles. The first-order chi connectivity index (χ1) is 14.7. The third-order valence-electron chi connectivity index (χ3n) is 5.83. The number of hydrogen-bond donors (Lipinski definition) is 0. The number of esters is 1. The van der Waals surface area contributed by atoms with Gasteiger partial charge in [-0.3, -0.25) is 9.59 Å². The molecule has 0 unspecified atom stereocenters. The Morgan fingerprint density at radius 1 is 1.19 bits per heavy atom. The van der Waals surface area contributed by atoms with E-state index in [-0.39, 0.29) is 29.6 Å². The van der Waals surface area contributed by atoms with Crippen molar-refractivity contribution >= 4 is 11.9 Å². The fourth-order valence-corrected chi connectivity index (χ4v) is 4.33. The van der Waals surface area contributed by atoms with Crippen molar-refractivity contribution in [2.24, 2.45) is 5.92 Å². The zero-order chi connectivity index (χ0) is 22.7. The van der Waals surface area contributed by atoms with Gasteiger partial charge in [0.15, 0.2) is 0 Å². The van der Waals surface area contributed by atoms with Crippen molar-refractivity contribution in [2.75, 3.05) is 19.7 Å². The Hall–Kier alpha value is -2.63. The third kappa shape index (κ3) is 4.83. The van der Waals surface area contributed by atoms with Crippen LogP contribution in [0.3, 0.4) is 0 Å². The zero-order valence-electron chi connectivity index (χ0n) is 19.6. The first-order valence-corrected chi connectivity index (χ1v) is 11.4. The summed E-state index contributed by atoms with van der Waals surface area (Å²) in [6, 6.07) is 8.19. The maximum Gasteiger partial charge on any atom is 0.310 e. The first-order valence-electron chi connectivity index (χ1n) is 11.4. The first kappa shape index (κ1) is 23.0. The molecule has 1 saturated heterocycles. The second kappa shape index (κ2) is 9.67. The van der Waals surface area contributed by atoms with E-state index in [9.17, 15) is 9.59 Å². The summed E-state index contributed by atoms with van der Waals surface area (Å²) in [5.41, 5.74) is 4.55. The third-order valence-corrected chi connectivity index (χ3v) is 5.83. The Labute approximate surface area is 185 Å². The summed E-state index contributed by atoms with van der Waals surface area (Å²) in [6.07, 6.45) is 1.56. The van der Waals surface area contributed by atoms with Gasteiger partial charge in [-0.2, -0.15) is 5.10 Å². The van der Waals surface area contributed by atoms with Crippen molar-refractivity contribution in [3.05, 3.63) is 46.8 Å². The molecule has 1 aliphatic heterocycles. The molecule has 168 valence electrons. The molecule has 31 heavy (non-hydrogen) atoms. The summed E-state index contributed by atoms with van der Waals surface area (Å²) >= 11 is 0. The molecule has 0 spiro atoms. The highest BCUT2D eigenvalue weighted by Gasteiger charge is 2.34. The molecule has 3 rings (SSSR count). The van der Waals surface area contributed by atoms with E-state index in [2.05, 4.69) is 46.8 Å². The molecular weight excluding hydrogens is 390 g/mol. The number of carbonyl (C=O) groups is 2. The normalized spacial score (nSPS) is 16.8. The van der Waals surface area contributed by atoms with Gasteiger partial charge in [-0.15, -0.1) is 0 Å². The van der Waals surface area contributed by atoms with Crippen molar-refractivity contribution in [1.29, 1.82) is 0 Å². The van der Waals surface area contributed by atoms with Crippen molar-refractivity contribution in [3.63, 3.8) is 0 Å². The molecule has 1 amide bonds. The molecule has 0 saturated carbocycles. The van der Waals surface area contributed by atoms with Crippen molar-refractivity contribution in [2.45, 2.75) is 66.2 Å². The Morgan fingerprint density at radius 2 is 1.94 bits per heavy atom. The predicted molar refractivity (Wildman–Crippen MR) is 122 cm³/mol. The van der Waals surface area contributed by atoms with Crippen LogP contribution in [-0.2, 0) is 9.53 Å². The van der Waals surface area contributed by atoms with Crippen LogP contribution in [0.1, 0.15) is 86.6 Å². The summed E-state index contributed by atoms with van der Waals surface area (Å²) in [5.74, 6) is -0.267. The molecule has 1 atom stereocenters. The fraction of sp³-hybridized carbons (Fsp3) is 0.560. The molecule has 6 nitrogen and oxygen atoms in total. The number of aryl methyl sites for hydroxylation is 1. The van der Waals surface area contributed by atoms with Gasteiger partial charge in [-0.1, -0.05) is 39.8 Å². The number of amides is 1. The van der Waals surface area contributed by atoms with Gasteiger partial charge in [0.2, 0.25) is 0 Å². The quantitative estimate of drug-likeness (QED) is 0.621. The molecule has 1 aromatic heterocycles. The number of aromatic nitrogens is 2. The zero-order valence-corrected chi connectivity index (χ0v) is 19.6. The predicted octanol–water partition coefficient (Wildman–Crippen LogP) is 4.84. The number of hydrogen-bond acceptors (Lipinski definition) is 4. The van der Waals surface area contributed by atoms with E-state index in [4.69, 9.17) is 9.84 Å². The molecule has 0 aliphatic carbocycles. The minimum Gasteiger partial charge on any atom is -0.466 e. The van der Waals surface area contributed by atoms with E-state index in [1.54, 1.807) is 0 Å². The maximum atomic E-state index is 13.8. The molecule has 1 aliphatic rings. The molecule has 0 bridgehead atoms. The van der Waals surface area contributed by atoms with Gasteiger partial charge in [0.25, 0.3) is 5.91 Å². The van der Waals surface area contributed by atoms with Crippen LogP contribution >= 0.6 is 0 Å². The van der Waals surface area contributed by atoms with Crippen molar-refractivity contribution in [3.8, 4) is 5.69 Å². The minimum atomic E-state index is -0.255. The SMILES string of the molecule is CCOC(=O)[C@@H]1CCCN(C(=O)c2c(C(C)C)nn(-c3cccc(C)c3)c2C(C)C)C1. The van der Waals surface area contributed by atoms with Gasteiger partial charge < -0.3 is 9.64 Å². The van der Waals surface area contributed by atoms with Gasteiger partial charge in [-0.25, -0.2) is 4.68 Å². The molecule has 2 aromatic rings. The van der Waals surface area contributed by atoms with Gasteiger partial charge in [0, 0.05) is 13.1 Å². The molecule has 0 radical (unpaired) electrons. The number of benzene rings is 1. The lowest BCUT2D eigenvalue weighted by Gasteiger charge is -2.32.